The molecule has 1 saturated heterocycles. The van der Waals surface area contributed by atoms with Gasteiger partial charge in [0.15, 0.2) is 0 Å². The van der Waals surface area contributed by atoms with E-state index >= 15 is 0 Å². The van der Waals surface area contributed by atoms with Gasteiger partial charge in [0, 0.05) is 17.4 Å². The summed E-state index contributed by atoms with van der Waals surface area (Å²) in [5, 5.41) is 2.42. The fourth-order valence-corrected chi connectivity index (χ4v) is 7.31. The number of hydrogen-bond acceptors (Lipinski definition) is 7. The van der Waals surface area contributed by atoms with Gasteiger partial charge in [-0.1, -0.05) is 104 Å². The van der Waals surface area contributed by atoms with Gasteiger partial charge in [0.2, 0.25) is 5.91 Å². The quantitative estimate of drug-likeness (QED) is 0.110. The molecule has 2 unspecified atom stereocenters. The Bertz CT molecular complexity index is 1410. The first-order chi connectivity index (χ1) is 20.8. The maximum Gasteiger partial charge on any atom is 0.529 e. The highest BCUT2D eigenvalue weighted by atomic mass is 31.2. The van der Waals surface area contributed by atoms with E-state index in [0.29, 0.717) is 12.0 Å². The van der Waals surface area contributed by atoms with Crippen LogP contribution in [0.2, 0.25) is 0 Å². The summed E-state index contributed by atoms with van der Waals surface area (Å²) in [6, 6.07) is 30.4. The summed E-state index contributed by atoms with van der Waals surface area (Å²) in [7, 11) is -4.06. The van der Waals surface area contributed by atoms with Gasteiger partial charge in [0.05, 0.1) is 37.1 Å². The van der Waals surface area contributed by atoms with Gasteiger partial charge in [0.25, 0.3) is 5.91 Å². The van der Waals surface area contributed by atoms with Crippen molar-refractivity contribution in [1.29, 1.82) is 0 Å². The van der Waals surface area contributed by atoms with Gasteiger partial charge in [-0.2, -0.15) is 0 Å². The van der Waals surface area contributed by atoms with Gasteiger partial charge in [0.1, 0.15) is 0 Å². The Balaban J connectivity index is 1.63. The molecule has 3 aromatic rings. The molecule has 2 aliphatic rings. The number of carbonyl (C=O) groups excluding carboxylic acids is 2. The molecule has 1 N–H and O–H groups in total. The second-order valence-electron chi connectivity index (χ2n) is 10.6. The molecule has 2 aliphatic heterocycles. The van der Waals surface area contributed by atoms with Crippen molar-refractivity contribution in [3.63, 3.8) is 0 Å². The maximum atomic E-state index is 13.6. The van der Waals surface area contributed by atoms with Crippen LogP contribution in [0.15, 0.2) is 115 Å². The molecule has 0 radical (unpaired) electrons. The molecule has 1 fully saturated rings. The molecule has 0 saturated carbocycles. The Kier molecular flexibility index (Phi) is 9.43. The number of carbonyl (C=O) groups is 2. The predicted molar refractivity (Wildman–Crippen MR) is 163 cm³/mol. The van der Waals surface area contributed by atoms with E-state index in [-0.39, 0.29) is 13.0 Å². The van der Waals surface area contributed by atoms with Crippen LogP contribution in [0.4, 0.5) is 0 Å². The molecule has 0 spiro atoms. The van der Waals surface area contributed by atoms with Gasteiger partial charge < -0.3 is 9.26 Å². The summed E-state index contributed by atoms with van der Waals surface area (Å²) < 4.78 is 37.2. The van der Waals surface area contributed by atoms with E-state index in [9.17, 15) is 14.2 Å². The van der Waals surface area contributed by atoms with Gasteiger partial charge in [-0.05, 0) is 37.0 Å². The zero-order valence-corrected chi connectivity index (χ0v) is 25.2. The summed E-state index contributed by atoms with van der Waals surface area (Å²) in [5.74, 6) is -1.61. The summed E-state index contributed by atoms with van der Waals surface area (Å²) in [5.41, 5.74) is 2.81. The molecule has 43 heavy (non-hydrogen) atoms. The van der Waals surface area contributed by atoms with Crippen LogP contribution in [0.5, 0.6) is 0 Å². The minimum atomic E-state index is -4.06. The number of hydrogen-bond donors (Lipinski definition) is 1. The summed E-state index contributed by atoms with van der Waals surface area (Å²) in [4.78, 5) is 25.1. The molecule has 0 aliphatic carbocycles. The van der Waals surface area contributed by atoms with Crippen LogP contribution in [0.3, 0.4) is 0 Å². The van der Waals surface area contributed by atoms with Gasteiger partial charge >= 0.3 is 7.82 Å². The molecule has 8 nitrogen and oxygen atoms in total. The third kappa shape index (κ3) is 6.43. The van der Waals surface area contributed by atoms with Crippen molar-refractivity contribution in [3.8, 4) is 0 Å². The number of rotatable bonds is 12. The third-order valence-electron chi connectivity index (χ3n) is 8.02. The lowest BCUT2D eigenvalue weighted by molar-refractivity contribution is -0.134. The van der Waals surface area contributed by atoms with E-state index in [1.54, 1.807) is 19.9 Å². The lowest BCUT2D eigenvalue weighted by Crippen LogP contribution is -2.44. The molecule has 224 valence electrons. The molecule has 5 atom stereocenters. The minimum absolute atomic E-state index is 0.0872. The van der Waals surface area contributed by atoms with Crippen LogP contribution < -0.4 is 5.32 Å². The fourth-order valence-electron chi connectivity index (χ4n) is 6.09. The number of nitrogens with one attached hydrogen (secondary N) is 1. The summed E-state index contributed by atoms with van der Waals surface area (Å²) >= 11 is 0. The molecule has 5 rings (SSSR count). The number of benzene rings is 3. The number of ether oxygens (including phenoxy) is 1. The fraction of sp³-hybridized carbons (Fsp3) is 0.294. The molecule has 9 heteroatoms. The number of imide groups is 1. The molecular formula is C34H36NO7P. The molecule has 0 bridgehead atoms. The Morgan fingerprint density at radius 1 is 0.953 bits per heavy atom. The lowest BCUT2D eigenvalue weighted by atomic mass is 9.66. The average molecular weight is 602 g/mol. The Hall–Kier alpha value is -3.81. The third-order valence-corrected chi connectivity index (χ3v) is 9.53. The zero-order chi connectivity index (χ0) is 30.5. The topological polar surface area (TPSA) is 100 Å². The van der Waals surface area contributed by atoms with Crippen molar-refractivity contribution in [2.75, 3.05) is 6.61 Å². The van der Waals surface area contributed by atoms with E-state index in [0.717, 1.165) is 23.0 Å². The Morgan fingerprint density at radius 2 is 1.49 bits per heavy atom. The summed E-state index contributed by atoms with van der Waals surface area (Å²) in [6.45, 7) is 6.97. The molecule has 2 heterocycles. The van der Waals surface area contributed by atoms with Crippen LogP contribution in [-0.2, 0) is 37.9 Å². The van der Waals surface area contributed by atoms with Crippen LogP contribution in [0, 0.1) is 5.92 Å². The number of phosphoric ester groups is 1. The van der Waals surface area contributed by atoms with E-state index < -0.39 is 49.3 Å². The normalized spacial score (nSPS) is 23.6. The lowest BCUT2D eigenvalue weighted by Gasteiger charge is -2.39. The maximum absolute atomic E-state index is 13.6. The largest absolute Gasteiger partial charge is 0.529 e. The van der Waals surface area contributed by atoms with Gasteiger partial charge in [-0.15, -0.1) is 0 Å². The van der Waals surface area contributed by atoms with E-state index in [1.807, 2.05) is 54.6 Å². The van der Waals surface area contributed by atoms with Crippen LogP contribution in [0.1, 0.15) is 43.4 Å². The minimum Gasteiger partial charge on any atom is -0.413 e. The highest BCUT2D eigenvalue weighted by Gasteiger charge is 2.50. The predicted octanol–water partition coefficient (Wildman–Crippen LogP) is 6.48. The van der Waals surface area contributed by atoms with Crippen molar-refractivity contribution >= 4 is 19.6 Å². The highest BCUT2D eigenvalue weighted by molar-refractivity contribution is 7.48. The van der Waals surface area contributed by atoms with Crippen LogP contribution >= 0.6 is 7.82 Å². The van der Waals surface area contributed by atoms with Crippen molar-refractivity contribution in [3.05, 3.63) is 132 Å². The SMILES string of the molecule is C=COP(=O)(OCC)O[C@H]1C[C@H](C2C=C(C)C(=O)NC2=O)O[C@@H]1CC(c1ccccc1)(c1ccccc1)c1ccccc1. The van der Waals surface area contributed by atoms with Crippen LogP contribution in [-0.4, -0.2) is 36.7 Å². The van der Waals surface area contributed by atoms with E-state index in [1.165, 1.54) is 0 Å². The van der Waals surface area contributed by atoms with E-state index in [4.69, 9.17) is 18.3 Å². The van der Waals surface area contributed by atoms with Crippen molar-refractivity contribution in [2.45, 2.75) is 50.4 Å². The molecule has 2 amide bonds. The molecule has 0 aromatic heterocycles. The number of phosphoric acid groups is 1. The van der Waals surface area contributed by atoms with Crippen molar-refractivity contribution in [2.24, 2.45) is 5.92 Å². The van der Waals surface area contributed by atoms with Gasteiger partial charge in [-0.3, -0.25) is 24.0 Å². The van der Waals surface area contributed by atoms with Crippen LogP contribution in [0.25, 0.3) is 0 Å². The Morgan fingerprint density at radius 3 is 1.98 bits per heavy atom. The first-order valence-corrected chi connectivity index (χ1v) is 15.8. The van der Waals surface area contributed by atoms with E-state index in [2.05, 4.69) is 48.3 Å². The monoisotopic (exact) mass is 601 g/mol. The summed E-state index contributed by atoms with van der Waals surface area (Å²) in [6.07, 6.45) is 1.16. The van der Waals surface area contributed by atoms with Crippen molar-refractivity contribution in [1.82, 2.24) is 5.32 Å². The zero-order valence-electron chi connectivity index (χ0n) is 24.3. The Labute approximate surface area is 252 Å². The van der Waals surface area contributed by atoms with Crippen molar-refractivity contribution < 1.29 is 32.5 Å². The van der Waals surface area contributed by atoms with Gasteiger partial charge in [-0.25, -0.2) is 4.57 Å². The molecular weight excluding hydrogens is 565 g/mol. The smallest absolute Gasteiger partial charge is 0.413 e. The first kappa shape index (κ1) is 30.6. The standard InChI is InChI=1S/C34H36NO7P/c1-4-39-43(38,40-5-2)42-30-22-29(28-21-24(3)32(36)35-33(28)37)41-31(30)23-34(25-15-9-6-10-16-25,26-17-11-7-12-18-26)27-19-13-8-14-20-27/h4,6-21,28-31H,1,5,22-23H2,2-3H3,(H,35,36,37)/t28?,29-,30+,31-,43?/m1/s1. The molecule has 3 aromatic carbocycles. The first-order valence-electron chi connectivity index (χ1n) is 14.4. The second kappa shape index (κ2) is 13.2. The highest BCUT2D eigenvalue weighted by Crippen LogP contribution is 2.54. The average Bonchev–Trinajstić information content (AvgIpc) is 3.40. The number of amides is 2. The second-order valence-corrected chi connectivity index (χ2v) is 12.2.